The molecule has 0 aromatic carbocycles. The summed E-state index contributed by atoms with van der Waals surface area (Å²) in [6.45, 7) is 4.98. The lowest BCUT2D eigenvalue weighted by atomic mass is 9.89. The fourth-order valence-electron chi connectivity index (χ4n) is 1.16. The van der Waals surface area contributed by atoms with Crippen molar-refractivity contribution in [2.75, 3.05) is 0 Å². The molecule has 3 nitrogen and oxygen atoms in total. The first-order valence-corrected chi connectivity index (χ1v) is 6.03. The first kappa shape index (κ1) is 11.8. The van der Waals surface area contributed by atoms with Crippen LogP contribution in [0.25, 0.3) is 0 Å². The van der Waals surface area contributed by atoms with E-state index in [1.807, 2.05) is 0 Å². The quantitative estimate of drug-likeness (QED) is 0.744. The second-order valence-electron chi connectivity index (χ2n) is 4.75. The molecule has 0 aliphatic heterocycles. The Morgan fingerprint density at radius 3 is 2.14 bits per heavy atom. The molecule has 1 rings (SSSR count). The van der Waals surface area contributed by atoms with Crippen molar-refractivity contribution >= 4 is 9.92 Å². The van der Waals surface area contributed by atoms with E-state index in [0.717, 1.165) is 0 Å². The van der Waals surface area contributed by atoms with Crippen molar-refractivity contribution < 1.29 is 13.0 Å². The van der Waals surface area contributed by atoms with Crippen molar-refractivity contribution in [3.8, 4) is 0 Å². The van der Waals surface area contributed by atoms with Gasteiger partial charge in [0.1, 0.15) is 9.92 Å². The van der Waals surface area contributed by atoms with Crippen LogP contribution in [0.15, 0.2) is 0 Å². The van der Waals surface area contributed by atoms with E-state index in [4.69, 9.17) is 4.78 Å². The Kier molecular flexibility index (Phi) is 2.65. The van der Waals surface area contributed by atoms with E-state index in [2.05, 4.69) is 4.72 Å². The average Bonchev–Trinajstić information content (AvgIpc) is 1.78. The van der Waals surface area contributed by atoms with Crippen molar-refractivity contribution in [1.29, 1.82) is 4.78 Å². The lowest BCUT2D eigenvalue weighted by Crippen LogP contribution is -2.53. The Bertz CT molecular complexity index is 311. The zero-order valence-electron chi connectivity index (χ0n) is 8.56. The summed E-state index contributed by atoms with van der Waals surface area (Å²) in [5, 5.41) is 0. The fourth-order valence-corrected chi connectivity index (χ4v) is 2.15. The summed E-state index contributed by atoms with van der Waals surface area (Å²) in [5.41, 5.74) is 0. The van der Waals surface area contributed by atoms with Gasteiger partial charge in [0.05, 0.1) is 4.75 Å². The van der Waals surface area contributed by atoms with E-state index in [1.165, 1.54) is 0 Å². The van der Waals surface area contributed by atoms with Crippen LogP contribution >= 0.6 is 0 Å². The van der Waals surface area contributed by atoms with Gasteiger partial charge < -0.3 is 0 Å². The minimum Gasteiger partial charge on any atom is -0.240 e. The minimum absolute atomic E-state index is 0.307. The molecule has 0 aromatic heterocycles. The van der Waals surface area contributed by atoms with Crippen LogP contribution in [0.4, 0.5) is 8.78 Å². The molecule has 84 valence electrons. The Hall–Kier alpha value is -0.230. The molecule has 1 aliphatic carbocycles. The number of hydrogen-bond donors (Lipinski definition) is 2. The Morgan fingerprint density at radius 1 is 1.43 bits per heavy atom. The first-order valence-electron chi connectivity index (χ1n) is 4.47. The molecule has 0 saturated heterocycles. The lowest BCUT2D eigenvalue weighted by Gasteiger charge is -2.37. The maximum Gasteiger partial charge on any atom is 0.251 e. The molecule has 0 bridgehead atoms. The molecule has 0 amide bonds. The third-order valence-corrected chi connectivity index (χ3v) is 4.68. The van der Waals surface area contributed by atoms with E-state index in [1.54, 1.807) is 20.8 Å². The van der Waals surface area contributed by atoms with Gasteiger partial charge in [-0.1, -0.05) is 0 Å². The van der Waals surface area contributed by atoms with Gasteiger partial charge in [0.15, 0.2) is 0 Å². The minimum atomic E-state index is -2.99. The lowest BCUT2D eigenvalue weighted by molar-refractivity contribution is -0.0876. The molecule has 1 saturated carbocycles. The predicted octanol–water partition coefficient (Wildman–Crippen LogP) is 2.13. The normalized spacial score (nSPS) is 26.6. The van der Waals surface area contributed by atoms with Gasteiger partial charge in [0, 0.05) is 18.9 Å². The van der Waals surface area contributed by atoms with E-state index in [-0.39, 0.29) is 12.8 Å². The van der Waals surface area contributed by atoms with Gasteiger partial charge in [0.2, 0.25) is 0 Å². The molecule has 1 fully saturated rings. The average molecular weight is 226 g/mol. The van der Waals surface area contributed by atoms with Crippen LogP contribution in [0.5, 0.6) is 0 Å². The Morgan fingerprint density at radius 2 is 1.86 bits per heavy atom. The highest BCUT2D eigenvalue weighted by Crippen LogP contribution is 2.38. The van der Waals surface area contributed by atoms with Crippen LogP contribution in [0.3, 0.4) is 0 Å². The molecule has 0 aromatic rings. The SMILES string of the molecule is CC(C)(C)S(=N)(=O)NC1CC(F)(F)C1. The van der Waals surface area contributed by atoms with Crippen LogP contribution < -0.4 is 4.72 Å². The summed E-state index contributed by atoms with van der Waals surface area (Å²) in [5.74, 6) is -2.63. The topological polar surface area (TPSA) is 53.0 Å². The summed E-state index contributed by atoms with van der Waals surface area (Å²) < 4.78 is 46.0. The number of rotatable bonds is 2. The molecule has 0 heterocycles. The highest BCUT2D eigenvalue weighted by Gasteiger charge is 2.47. The van der Waals surface area contributed by atoms with E-state index in [0.29, 0.717) is 0 Å². The van der Waals surface area contributed by atoms with Gasteiger partial charge in [-0.15, -0.1) is 0 Å². The second kappa shape index (κ2) is 3.13. The highest BCUT2D eigenvalue weighted by molar-refractivity contribution is 7.91. The van der Waals surface area contributed by atoms with E-state index >= 15 is 0 Å². The maximum absolute atomic E-state index is 12.5. The largest absolute Gasteiger partial charge is 0.251 e. The predicted molar refractivity (Wildman–Crippen MR) is 51.7 cm³/mol. The Balaban J connectivity index is 2.56. The van der Waals surface area contributed by atoms with Gasteiger partial charge in [-0.3, -0.25) is 0 Å². The van der Waals surface area contributed by atoms with Crippen LogP contribution in [0.2, 0.25) is 0 Å². The number of halogens is 2. The van der Waals surface area contributed by atoms with Crippen LogP contribution in [-0.4, -0.2) is 20.9 Å². The zero-order valence-corrected chi connectivity index (χ0v) is 9.38. The molecule has 1 aliphatic rings. The van der Waals surface area contributed by atoms with Crippen molar-refractivity contribution in [3.05, 3.63) is 0 Å². The van der Waals surface area contributed by atoms with Crippen LogP contribution in [0, 0.1) is 4.78 Å². The number of alkyl halides is 2. The highest BCUT2D eigenvalue weighted by atomic mass is 32.2. The summed E-state index contributed by atoms with van der Waals surface area (Å²) >= 11 is 0. The molecule has 0 radical (unpaired) electrons. The van der Waals surface area contributed by atoms with Crippen molar-refractivity contribution in [1.82, 2.24) is 4.72 Å². The van der Waals surface area contributed by atoms with Crippen LogP contribution in [-0.2, 0) is 9.92 Å². The Labute approximate surface area is 83.4 Å². The first-order chi connectivity index (χ1) is 6.04. The van der Waals surface area contributed by atoms with E-state index in [9.17, 15) is 13.0 Å². The monoisotopic (exact) mass is 226 g/mol. The molecule has 6 heteroatoms. The van der Waals surface area contributed by atoms with E-state index < -0.39 is 26.6 Å². The molecule has 14 heavy (non-hydrogen) atoms. The second-order valence-corrected chi connectivity index (χ2v) is 7.32. The zero-order chi connectivity index (χ0) is 11.2. The smallest absolute Gasteiger partial charge is 0.240 e. The van der Waals surface area contributed by atoms with Gasteiger partial charge in [0.25, 0.3) is 5.92 Å². The molecular weight excluding hydrogens is 210 g/mol. The third kappa shape index (κ3) is 2.42. The molecule has 1 atom stereocenters. The van der Waals surface area contributed by atoms with Crippen LogP contribution in [0.1, 0.15) is 33.6 Å². The number of hydrogen-bond acceptors (Lipinski definition) is 2. The maximum atomic E-state index is 12.5. The van der Waals surface area contributed by atoms with Gasteiger partial charge >= 0.3 is 0 Å². The third-order valence-electron chi connectivity index (χ3n) is 2.29. The molecular formula is C8H16F2N2OS. The standard InChI is InChI=1S/C8H16F2N2OS/c1-7(2,3)14(11,13)12-6-4-8(9,10)5-6/h6H,4-5H2,1-3H3,(H2,11,12,13). The van der Waals surface area contributed by atoms with Crippen molar-refractivity contribution in [3.63, 3.8) is 0 Å². The fraction of sp³-hybridized carbons (Fsp3) is 1.00. The summed E-state index contributed by atoms with van der Waals surface area (Å²) in [7, 11) is -2.99. The van der Waals surface area contributed by atoms with Gasteiger partial charge in [-0.05, 0) is 20.8 Å². The van der Waals surface area contributed by atoms with Gasteiger partial charge in [-0.25, -0.2) is 22.5 Å². The summed E-state index contributed by atoms with van der Waals surface area (Å²) in [6.07, 6.45) is -0.613. The summed E-state index contributed by atoms with van der Waals surface area (Å²) in [4.78, 5) is 0. The molecule has 0 spiro atoms. The number of nitrogens with one attached hydrogen (secondary N) is 2. The molecule has 1 unspecified atom stereocenters. The van der Waals surface area contributed by atoms with Crippen molar-refractivity contribution in [2.24, 2.45) is 0 Å². The summed E-state index contributed by atoms with van der Waals surface area (Å²) in [6, 6.07) is -0.478. The van der Waals surface area contributed by atoms with Gasteiger partial charge in [-0.2, -0.15) is 0 Å². The van der Waals surface area contributed by atoms with Crippen molar-refractivity contribution in [2.45, 2.75) is 50.3 Å². The molecule has 2 N–H and O–H groups in total.